The number of hydrogen-bond acceptors (Lipinski definition) is 1. The maximum Gasteiger partial charge on any atom is 0.222 e. The summed E-state index contributed by atoms with van der Waals surface area (Å²) in [6, 6.07) is 18.3. The van der Waals surface area contributed by atoms with Gasteiger partial charge in [0.15, 0.2) is 6.20 Å². The van der Waals surface area contributed by atoms with Crippen molar-refractivity contribution in [3.63, 3.8) is 0 Å². The zero-order chi connectivity index (χ0) is 21.4. The van der Waals surface area contributed by atoms with E-state index in [1.807, 2.05) is 17.8 Å². The lowest BCUT2D eigenvalue weighted by molar-refractivity contribution is -0.659. The van der Waals surface area contributed by atoms with Crippen molar-refractivity contribution in [1.82, 2.24) is 0 Å². The lowest BCUT2D eigenvalue weighted by Gasteiger charge is -2.26. The predicted octanol–water partition coefficient (Wildman–Crippen LogP) is 7.67. The van der Waals surface area contributed by atoms with E-state index >= 15 is 0 Å². The Hall–Kier alpha value is -2.91. The molecule has 152 valence electrons. The zero-order valence-electron chi connectivity index (χ0n) is 18.1. The van der Waals surface area contributed by atoms with Crippen LogP contribution in [0.2, 0.25) is 0 Å². The second-order valence-electron chi connectivity index (χ2n) is 8.85. The highest BCUT2D eigenvalue weighted by Gasteiger charge is 2.32. The van der Waals surface area contributed by atoms with Gasteiger partial charge in [-0.15, -0.1) is 0 Å². The second kappa shape index (κ2) is 6.54. The summed E-state index contributed by atoms with van der Waals surface area (Å²) in [5.74, 6) is 0.220. The average molecular weight is 425 g/mol. The van der Waals surface area contributed by atoms with Gasteiger partial charge in [-0.2, -0.15) is 0 Å². The molecule has 1 aliphatic rings. The molecule has 0 unspecified atom stereocenters. The van der Waals surface area contributed by atoms with Gasteiger partial charge in [0.1, 0.15) is 12.9 Å². The van der Waals surface area contributed by atoms with Crippen LogP contribution in [0, 0.1) is 12.7 Å². The van der Waals surface area contributed by atoms with Crippen molar-refractivity contribution in [2.75, 3.05) is 0 Å². The van der Waals surface area contributed by atoms with Crippen LogP contribution in [0.25, 0.3) is 43.6 Å². The highest BCUT2D eigenvalue weighted by atomic mass is 32.2. The fraction of sp³-hybridized carbons (Fsp3) is 0.179. The quantitative estimate of drug-likeness (QED) is 0.193. The molecule has 0 N–H and O–H groups in total. The van der Waals surface area contributed by atoms with E-state index in [9.17, 15) is 4.39 Å². The fourth-order valence-corrected chi connectivity index (χ4v) is 6.81. The molecule has 1 nitrogen and oxygen atoms in total. The number of aromatic nitrogens is 1. The molecular weight excluding hydrogens is 401 g/mol. The molecule has 0 spiro atoms. The van der Waals surface area contributed by atoms with E-state index in [2.05, 4.69) is 75.0 Å². The van der Waals surface area contributed by atoms with Gasteiger partial charge in [-0.25, -0.2) is 8.96 Å². The molecule has 0 amide bonds. The molecule has 0 fully saturated rings. The highest BCUT2D eigenvalue weighted by Crippen LogP contribution is 2.53. The monoisotopic (exact) mass is 424 g/mol. The van der Waals surface area contributed by atoms with Crippen LogP contribution in [-0.4, -0.2) is 0 Å². The highest BCUT2D eigenvalue weighted by molar-refractivity contribution is 8.00. The molecule has 0 saturated heterocycles. The number of pyridine rings is 1. The maximum absolute atomic E-state index is 14.1. The largest absolute Gasteiger partial charge is 0.222 e. The average Bonchev–Trinajstić information content (AvgIpc) is 2.75. The standard InChI is InChI=1S/C28H23FNS/c1-15(2)24-20-8-6-5-7-19(20)16(3)25-27-26-21(11-12-30(27)4)22-14-18(29)10-9-17(22)13-23(26)31-28(24)25/h5-15H,1-4H3/q+1. The summed E-state index contributed by atoms with van der Waals surface area (Å²) >= 11 is 1.88. The normalized spacial score (nSPS) is 12.8. The third-order valence-electron chi connectivity index (χ3n) is 6.66. The Morgan fingerprint density at radius 1 is 0.903 bits per heavy atom. The van der Waals surface area contributed by atoms with Crippen molar-refractivity contribution in [3.05, 3.63) is 77.7 Å². The Kier molecular flexibility index (Phi) is 3.97. The maximum atomic E-state index is 14.1. The molecule has 0 bridgehead atoms. The lowest BCUT2D eigenvalue weighted by Crippen LogP contribution is -2.32. The number of halogens is 1. The first-order valence-electron chi connectivity index (χ1n) is 10.7. The van der Waals surface area contributed by atoms with Gasteiger partial charge in [-0.05, 0) is 63.7 Å². The summed E-state index contributed by atoms with van der Waals surface area (Å²) in [4.78, 5) is 2.62. The lowest BCUT2D eigenvalue weighted by atomic mass is 9.87. The van der Waals surface area contributed by atoms with Crippen LogP contribution >= 0.6 is 11.8 Å². The van der Waals surface area contributed by atoms with Crippen LogP contribution in [0.3, 0.4) is 0 Å². The minimum absolute atomic E-state index is 0.189. The van der Waals surface area contributed by atoms with E-state index < -0.39 is 0 Å². The number of nitrogens with zero attached hydrogens (tertiary/aromatic N) is 1. The van der Waals surface area contributed by atoms with Gasteiger partial charge in [-0.3, -0.25) is 0 Å². The Bertz CT molecular complexity index is 1570. The van der Waals surface area contributed by atoms with Gasteiger partial charge in [0.05, 0.1) is 10.9 Å². The molecule has 6 rings (SSSR count). The third kappa shape index (κ3) is 2.53. The Morgan fingerprint density at radius 2 is 1.68 bits per heavy atom. The molecule has 0 aliphatic carbocycles. The summed E-state index contributed by atoms with van der Waals surface area (Å²) < 4.78 is 16.4. The first-order valence-corrected chi connectivity index (χ1v) is 11.6. The van der Waals surface area contributed by atoms with Gasteiger partial charge in [0.25, 0.3) is 0 Å². The van der Waals surface area contributed by atoms with E-state index in [-0.39, 0.29) is 5.82 Å². The summed E-state index contributed by atoms with van der Waals surface area (Å²) in [6.07, 6.45) is 2.12. The van der Waals surface area contributed by atoms with E-state index in [0.717, 1.165) is 16.2 Å². The number of fused-ring (bicyclic) bond motifs is 5. The molecule has 0 saturated carbocycles. The van der Waals surface area contributed by atoms with E-state index in [1.165, 1.54) is 48.3 Å². The summed E-state index contributed by atoms with van der Waals surface area (Å²) in [7, 11) is 2.12. The van der Waals surface area contributed by atoms with Gasteiger partial charge >= 0.3 is 0 Å². The van der Waals surface area contributed by atoms with Crippen molar-refractivity contribution in [2.24, 2.45) is 7.05 Å². The Labute approximate surface area is 185 Å². The van der Waals surface area contributed by atoms with Crippen LogP contribution < -0.4 is 4.57 Å². The van der Waals surface area contributed by atoms with Gasteiger partial charge in [0.2, 0.25) is 5.69 Å². The fourth-order valence-electron chi connectivity index (χ4n) is 5.29. The topological polar surface area (TPSA) is 3.88 Å². The Morgan fingerprint density at radius 3 is 2.45 bits per heavy atom. The molecule has 4 aromatic carbocycles. The summed E-state index contributed by atoms with van der Waals surface area (Å²) in [5, 5.41) is 7.08. The SMILES string of the molecule is Cc1c2c(c(C(C)C)c3ccccc13)Sc1cc3ccc(F)cc3c3cc[n+](C)c-2c13. The molecule has 2 heterocycles. The van der Waals surface area contributed by atoms with Crippen molar-refractivity contribution in [3.8, 4) is 11.3 Å². The number of aryl methyl sites for hydroxylation is 2. The molecule has 1 aliphatic heterocycles. The third-order valence-corrected chi connectivity index (χ3v) is 7.83. The molecule has 5 aromatic rings. The van der Waals surface area contributed by atoms with Crippen LogP contribution in [0.4, 0.5) is 4.39 Å². The number of rotatable bonds is 1. The zero-order valence-corrected chi connectivity index (χ0v) is 18.9. The van der Waals surface area contributed by atoms with Crippen LogP contribution in [0.15, 0.2) is 70.6 Å². The van der Waals surface area contributed by atoms with Gasteiger partial charge < -0.3 is 0 Å². The van der Waals surface area contributed by atoms with Gasteiger partial charge in [0, 0.05) is 21.2 Å². The van der Waals surface area contributed by atoms with E-state index in [4.69, 9.17) is 0 Å². The van der Waals surface area contributed by atoms with Crippen LogP contribution in [-0.2, 0) is 7.05 Å². The van der Waals surface area contributed by atoms with Crippen LogP contribution in [0.1, 0.15) is 30.9 Å². The van der Waals surface area contributed by atoms with Crippen LogP contribution in [0.5, 0.6) is 0 Å². The molecule has 31 heavy (non-hydrogen) atoms. The van der Waals surface area contributed by atoms with Crippen molar-refractivity contribution in [2.45, 2.75) is 36.5 Å². The predicted molar refractivity (Wildman–Crippen MR) is 128 cm³/mol. The summed E-state index contributed by atoms with van der Waals surface area (Å²) in [5.41, 5.74) is 5.29. The second-order valence-corrected chi connectivity index (χ2v) is 9.90. The minimum Gasteiger partial charge on any atom is -0.207 e. The van der Waals surface area contributed by atoms with E-state index in [0.29, 0.717) is 5.92 Å². The number of hydrogen-bond donors (Lipinski definition) is 0. The molecule has 0 radical (unpaired) electrons. The minimum atomic E-state index is -0.189. The first-order chi connectivity index (χ1) is 15.0. The summed E-state index contributed by atoms with van der Waals surface area (Å²) in [6.45, 7) is 6.82. The molecular formula is C28H23FNS+. The first kappa shape index (κ1) is 18.8. The van der Waals surface area contributed by atoms with Gasteiger partial charge in [-0.1, -0.05) is 55.9 Å². The molecule has 3 heteroatoms. The van der Waals surface area contributed by atoms with Crippen molar-refractivity contribution < 1.29 is 8.96 Å². The smallest absolute Gasteiger partial charge is 0.207 e. The number of benzene rings is 4. The molecule has 1 aromatic heterocycles. The van der Waals surface area contributed by atoms with Crippen molar-refractivity contribution in [1.29, 1.82) is 0 Å². The van der Waals surface area contributed by atoms with E-state index in [1.54, 1.807) is 12.1 Å². The van der Waals surface area contributed by atoms with Crippen molar-refractivity contribution >= 4 is 44.1 Å². The molecule has 0 atom stereocenters. The Balaban J connectivity index is 1.87.